The number of fused-ring (bicyclic) bond motifs is 2. The third-order valence-electron chi connectivity index (χ3n) is 5.73. The summed E-state index contributed by atoms with van der Waals surface area (Å²) in [5, 5.41) is 16.6. The number of pyridine rings is 1. The fraction of sp³-hybridized carbons (Fsp3) is 0.190. The fourth-order valence-electron chi connectivity index (χ4n) is 4.06. The van der Waals surface area contributed by atoms with E-state index in [1.807, 2.05) is 0 Å². The van der Waals surface area contributed by atoms with Crippen LogP contribution in [0.2, 0.25) is 0 Å². The third kappa shape index (κ3) is 3.11. The second kappa shape index (κ2) is 7.22. The van der Waals surface area contributed by atoms with Gasteiger partial charge in [-0.15, -0.1) is 0 Å². The highest BCUT2D eigenvalue weighted by Gasteiger charge is 2.53. The number of ether oxygens (including phenoxy) is 1. The number of nitrogens with two attached hydrogens (primary N) is 1. The lowest BCUT2D eigenvalue weighted by atomic mass is 9.95. The summed E-state index contributed by atoms with van der Waals surface area (Å²) in [5.41, 5.74) is 6.00. The lowest BCUT2D eigenvalue weighted by Crippen LogP contribution is -2.52. The van der Waals surface area contributed by atoms with E-state index in [0.29, 0.717) is 22.4 Å². The molecule has 33 heavy (non-hydrogen) atoms. The Morgan fingerprint density at radius 3 is 2.82 bits per heavy atom. The number of hydrogen-bond acceptors (Lipinski definition) is 8. The molecule has 2 aliphatic heterocycles. The Morgan fingerprint density at radius 1 is 1.30 bits per heavy atom. The minimum atomic E-state index is -1.67. The lowest BCUT2D eigenvalue weighted by molar-refractivity contribution is -0.125. The van der Waals surface area contributed by atoms with Gasteiger partial charge in [-0.25, -0.2) is 9.78 Å². The number of methoxy groups -OCH3 is 1. The Bertz CT molecular complexity index is 1360. The number of aromatic nitrogens is 1. The van der Waals surface area contributed by atoms with E-state index in [-0.39, 0.29) is 36.3 Å². The molecule has 2 aromatic heterocycles. The van der Waals surface area contributed by atoms with E-state index < -0.39 is 17.5 Å². The molecule has 0 unspecified atom stereocenters. The Labute approximate surface area is 186 Å². The van der Waals surface area contributed by atoms with Crippen LogP contribution in [0.15, 0.2) is 46.0 Å². The minimum absolute atomic E-state index is 0.0892. The number of nitrogens with zero attached hydrogens (tertiary/aromatic N) is 3. The van der Waals surface area contributed by atoms with Gasteiger partial charge in [0, 0.05) is 18.2 Å². The van der Waals surface area contributed by atoms with Gasteiger partial charge >= 0.3 is 6.03 Å². The number of urea groups is 1. The molecule has 4 amide bonds. The molecule has 3 aromatic rings. The van der Waals surface area contributed by atoms with Crippen LogP contribution in [-0.4, -0.2) is 52.4 Å². The van der Waals surface area contributed by atoms with E-state index in [1.54, 1.807) is 24.3 Å². The van der Waals surface area contributed by atoms with Crippen LogP contribution in [0.1, 0.15) is 27.4 Å². The maximum Gasteiger partial charge on any atom is 0.322 e. The first kappa shape index (κ1) is 20.3. The van der Waals surface area contributed by atoms with Crippen LogP contribution in [0.4, 0.5) is 4.79 Å². The third-order valence-corrected chi connectivity index (χ3v) is 5.73. The number of nitrogens with one attached hydrogen (secondary N) is 2. The smallest absolute Gasteiger partial charge is 0.322 e. The van der Waals surface area contributed by atoms with E-state index in [1.165, 1.54) is 24.1 Å². The summed E-state index contributed by atoms with van der Waals surface area (Å²) in [6.45, 7) is 0.0719. The molecule has 0 radical (unpaired) electrons. The average molecular weight is 450 g/mol. The van der Waals surface area contributed by atoms with Gasteiger partial charge in [0.1, 0.15) is 22.7 Å². The second-order valence-electron chi connectivity index (χ2n) is 7.67. The highest BCUT2D eigenvalue weighted by molar-refractivity contribution is 6.08. The van der Waals surface area contributed by atoms with Crippen molar-refractivity contribution in [2.45, 2.75) is 12.1 Å². The summed E-state index contributed by atoms with van der Waals surface area (Å²) in [6.07, 6.45) is 0. The van der Waals surface area contributed by atoms with Crippen LogP contribution in [0.3, 0.4) is 0 Å². The monoisotopic (exact) mass is 450 g/mol. The van der Waals surface area contributed by atoms with Crippen molar-refractivity contribution in [1.82, 2.24) is 20.5 Å². The number of amidine groups is 1. The molecule has 1 atom stereocenters. The highest BCUT2D eigenvalue weighted by Crippen LogP contribution is 2.34. The molecule has 0 aliphatic carbocycles. The molecule has 2 aliphatic rings. The Balaban J connectivity index is 1.54. The maximum absolute atomic E-state index is 13.1. The van der Waals surface area contributed by atoms with E-state index >= 15 is 0 Å². The predicted octanol–water partition coefficient (Wildman–Crippen LogP) is 0.622. The molecule has 0 bridgehead atoms. The second-order valence-corrected chi connectivity index (χ2v) is 7.67. The van der Waals surface area contributed by atoms with Gasteiger partial charge in [-0.1, -0.05) is 11.2 Å². The van der Waals surface area contributed by atoms with Gasteiger partial charge in [-0.3, -0.25) is 14.9 Å². The molecule has 0 saturated carbocycles. The zero-order valence-electron chi connectivity index (χ0n) is 17.3. The first-order valence-electron chi connectivity index (χ1n) is 9.83. The summed E-state index contributed by atoms with van der Waals surface area (Å²) in [5.74, 6) is -0.538. The van der Waals surface area contributed by atoms with Crippen LogP contribution in [0.5, 0.6) is 5.75 Å². The van der Waals surface area contributed by atoms with Crippen molar-refractivity contribution in [2.75, 3.05) is 13.7 Å². The molecule has 168 valence electrons. The summed E-state index contributed by atoms with van der Waals surface area (Å²) in [6, 6.07) is 8.97. The molecule has 1 aromatic carbocycles. The maximum atomic E-state index is 13.1. The van der Waals surface area contributed by atoms with Gasteiger partial charge in [0.25, 0.3) is 11.8 Å². The Hall–Kier alpha value is -4.61. The van der Waals surface area contributed by atoms with Gasteiger partial charge in [-0.05, 0) is 29.8 Å². The van der Waals surface area contributed by atoms with E-state index in [4.69, 9.17) is 20.1 Å². The minimum Gasteiger partial charge on any atom is -0.497 e. The predicted molar refractivity (Wildman–Crippen MR) is 113 cm³/mol. The number of oxime groups is 1. The molecule has 1 fully saturated rings. The topological polar surface area (TPSA) is 172 Å². The molecule has 12 nitrogen and oxygen atoms in total. The van der Waals surface area contributed by atoms with Crippen LogP contribution < -0.4 is 21.1 Å². The summed E-state index contributed by atoms with van der Waals surface area (Å²) in [4.78, 5) is 43.9. The van der Waals surface area contributed by atoms with Crippen LogP contribution in [-0.2, 0) is 16.9 Å². The number of carbonyl (C=O) groups excluding carboxylic acids is 3. The quantitative estimate of drug-likeness (QED) is 0.144. The summed E-state index contributed by atoms with van der Waals surface area (Å²) in [7, 11) is 1.51. The highest BCUT2D eigenvalue weighted by atomic mass is 16.5. The number of furan rings is 1. The van der Waals surface area contributed by atoms with Crippen molar-refractivity contribution >= 4 is 34.8 Å². The number of amides is 4. The summed E-state index contributed by atoms with van der Waals surface area (Å²) < 4.78 is 11.1. The number of carbonyl (C=O) groups is 3. The normalized spacial score (nSPS) is 20.2. The average Bonchev–Trinajstić information content (AvgIpc) is 3.46. The van der Waals surface area contributed by atoms with Gasteiger partial charge in [-0.2, -0.15) is 0 Å². The van der Waals surface area contributed by atoms with Crippen LogP contribution in [0.25, 0.3) is 11.1 Å². The van der Waals surface area contributed by atoms with Crippen LogP contribution >= 0.6 is 0 Å². The fourth-order valence-corrected chi connectivity index (χ4v) is 4.06. The first-order chi connectivity index (χ1) is 15.8. The molecule has 5 N–H and O–H groups in total. The van der Waals surface area contributed by atoms with Crippen molar-refractivity contribution in [3.05, 3.63) is 59.0 Å². The van der Waals surface area contributed by atoms with E-state index in [0.717, 1.165) is 5.56 Å². The number of imide groups is 1. The van der Waals surface area contributed by atoms with Gasteiger partial charge in [0.15, 0.2) is 17.0 Å². The van der Waals surface area contributed by atoms with Crippen molar-refractivity contribution in [1.29, 1.82) is 0 Å². The van der Waals surface area contributed by atoms with Crippen molar-refractivity contribution in [3.63, 3.8) is 0 Å². The van der Waals surface area contributed by atoms with Crippen molar-refractivity contribution in [3.8, 4) is 5.75 Å². The number of benzene rings is 1. The van der Waals surface area contributed by atoms with Gasteiger partial charge in [0.2, 0.25) is 0 Å². The molecular weight excluding hydrogens is 432 g/mol. The van der Waals surface area contributed by atoms with Gasteiger partial charge in [0.05, 0.1) is 13.7 Å². The summed E-state index contributed by atoms with van der Waals surface area (Å²) >= 11 is 0. The van der Waals surface area contributed by atoms with E-state index in [2.05, 4.69) is 20.8 Å². The number of rotatable bonds is 5. The zero-order chi connectivity index (χ0) is 23.3. The van der Waals surface area contributed by atoms with Crippen LogP contribution in [0, 0.1) is 0 Å². The zero-order valence-corrected chi connectivity index (χ0v) is 17.3. The Kier molecular flexibility index (Phi) is 4.44. The largest absolute Gasteiger partial charge is 0.497 e. The molecule has 4 heterocycles. The molecule has 0 spiro atoms. The van der Waals surface area contributed by atoms with Gasteiger partial charge < -0.3 is 30.3 Å². The van der Waals surface area contributed by atoms with Crippen molar-refractivity contribution in [2.24, 2.45) is 10.9 Å². The first-order valence-corrected chi connectivity index (χ1v) is 9.83. The molecule has 1 saturated heterocycles. The molecule has 5 rings (SSSR count). The molecule has 12 heteroatoms. The standard InChI is InChI=1S/C21H18N6O6/c1-32-11-3-2-10-8-27(18(28)12(10)6-11)9-21(19(29)24-20(30)25-21)16-7-14-15(33-16)5-4-13(23-14)17(22)26-31/h2-7,31H,8-9H2,1H3,(H2,22,26)(H2,24,25,29,30)/t21-/m0/s1. The lowest BCUT2D eigenvalue weighted by Gasteiger charge is -2.28. The van der Waals surface area contributed by atoms with E-state index in [9.17, 15) is 14.4 Å². The number of hydrogen-bond donors (Lipinski definition) is 4. The van der Waals surface area contributed by atoms with Crippen molar-refractivity contribution < 1.29 is 28.7 Å². The molecular formula is C21H18N6O6. The Morgan fingerprint density at radius 2 is 2.12 bits per heavy atom. The SMILES string of the molecule is COc1ccc2c(c1)C(=O)N(C[C@@]1(c3cc4nc(C(N)=NO)ccc4o3)NC(=O)NC1=O)C2.